The molecule has 20 heavy (non-hydrogen) atoms. The normalized spacial score (nSPS) is 10.6. The first kappa shape index (κ1) is 16.3. The van der Waals surface area contributed by atoms with Crippen molar-refractivity contribution in [2.45, 2.75) is 0 Å². The average Bonchev–Trinajstić information content (AvgIpc) is 2.42. The van der Waals surface area contributed by atoms with Crippen LogP contribution in [-0.2, 0) is 9.47 Å². The largest absolute Gasteiger partial charge is 0.478 e. The first-order chi connectivity index (χ1) is 9.52. The smallest absolute Gasteiger partial charge is 0.338 e. The number of methoxy groups -OCH3 is 2. The molecule has 0 bridgehead atoms. The molecule has 112 valence electrons. The fraction of sp³-hybridized carbons (Fsp3) is 0.462. The molecule has 0 aliphatic heterocycles. The molecular formula is C13H17F2NO4. The highest BCUT2D eigenvalue weighted by Gasteiger charge is 2.21. The number of rotatable bonds is 8. The van der Waals surface area contributed by atoms with Crippen molar-refractivity contribution in [3.05, 3.63) is 29.3 Å². The van der Waals surface area contributed by atoms with Crippen LogP contribution < -0.4 is 4.90 Å². The molecule has 0 radical (unpaired) electrons. The highest BCUT2D eigenvalue weighted by Crippen LogP contribution is 2.24. The van der Waals surface area contributed by atoms with Gasteiger partial charge in [-0.15, -0.1) is 0 Å². The predicted molar refractivity (Wildman–Crippen MR) is 69.3 cm³/mol. The minimum atomic E-state index is -1.51. The predicted octanol–water partition coefficient (Wildman–Crippen LogP) is 1.76. The van der Waals surface area contributed by atoms with Crippen LogP contribution in [0.15, 0.2) is 12.1 Å². The van der Waals surface area contributed by atoms with Crippen LogP contribution in [0.3, 0.4) is 0 Å². The number of aromatic carboxylic acids is 1. The molecule has 1 aromatic rings. The maximum absolute atomic E-state index is 14.0. The Balaban J connectivity index is 3.06. The molecule has 0 aromatic heterocycles. The number of anilines is 1. The lowest BCUT2D eigenvalue weighted by molar-refractivity contribution is 0.0690. The van der Waals surface area contributed by atoms with Crippen LogP contribution >= 0.6 is 0 Å². The lowest BCUT2D eigenvalue weighted by Crippen LogP contribution is -2.31. The standard InChI is InChI=1S/C13H17F2NO4/c1-19-7-5-16(6-8-20-2)10-4-3-9(13(17)18)11(14)12(10)15/h3-4H,5-8H2,1-2H3,(H,17,18). The van der Waals surface area contributed by atoms with Crippen molar-refractivity contribution in [1.29, 1.82) is 0 Å². The zero-order valence-electron chi connectivity index (χ0n) is 11.4. The van der Waals surface area contributed by atoms with Gasteiger partial charge in [-0.3, -0.25) is 0 Å². The van der Waals surface area contributed by atoms with Gasteiger partial charge in [-0.25, -0.2) is 13.6 Å². The Morgan fingerprint density at radius 3 is 2.15 bits per heavy atom. The summed E-state index contributed by atoms with van der Waals surface area (Å²) in [4.78, 5) is 12.3. The third kappa shape index (κ3) is 3.88. The summed E-state index contributed by atoms with van der Waals surface area (Å²) in [5.74, 6) is -4.06. The fourth-order valence-corrected chi connectivity index (χ4v) is 1.70. The van der Waals surface area contributed by atoms with E-state index in [1.165, 1.54) is 25.2 Å². The Hall–Kier alpha value is -1.73. The summed E-state index contributed by atoms with van der Waals surface area (Å²) in [6, 6.07) is 2.29. The van der Waals surface area contributed by atoms with E-state index in [-0.39, 0.29) is 5.69 Å². The molecule has 0 unspecified atom stereocenters. The van der Waals surface area contributed by atoms with E-state index in [1.807, 2.05) is 0 Å². The molecule has 1 N–H and O–H groups in total. The zero-order valence-corrected chi connectivity index (χ0v) is 11.4. The molecule has 5 nitrogen and oxygen atoms in total. The second kappa shape index (κ2) is 7.76. The lowest BCUT2D eigenvalue weighted by atomic mass is 10.1. The van der Waals surface area contributed by atoms with Crippen molar-refractivity contribution in [3.63, 3.8) is 0 Å². The highest BCUT2D eigenvalue weighted by atomic mass is 19.2. The molecule has 0 heterocycles. The Kier molecular flexibility index (Phi) is 6.33. The van der Waals surface area contributed by atoms with Gasteiger partial charge in [-0.1, -0.05) is 0 Å². The van der Waals surface area contributed by atoms with Gasteiger partial charge in [-0.05, 0) is 12.1 Å². The molecule has 0 saturated carbocycles. The minimum Gasteiger partial charge on any atom is -0.478 e. The summed E-state index contributed by atoms with van der Waals surface area (Å²) >= 11 is 0. The van der Waals surface area contributed by atoms with Crippen molar-refractivity contribution >= 4 is 11.7 Å². The van der Waals surface area contributed by atoms with E-state index in [4.69, 9.17) is 14.6 Å². The van der Waals surface area contributed by atoms with Crippen molar-refractivity contribution in [2.75, 3.05) is 45.4 Å². The van der Waals surface area contributed by atoms with Crippen molar-refractivity contribution in [1.82, 2.24) is 0 Å². The number of nitrogens with zero attached hydrogens (tertiary/aromatic N) is 1. The molecule has 0 aliphatic rings. The minimum absolute atomic E-state index is 0.0124. The van der Waals surface area contributed by atoms with Gasteiger partial charge in [-0.2, -0.15) is 0 Å². The number of carboxylic acids is 1. The van der Waals surface area contributed by atoms with Crippen molar-refractivity contribution < 1.29 is 28.2 Å². The summed E-state index contributed by atoms with van der Waals surface area (Å²) in [5.41, 5.74) is -0.703. The van der Waals surface area contributed by atoms with E-state index in [0.29, 0.717) is 26.3 Å². The summed E-state index contributed by atoms with van der Waals surface area (Å²) in [6.45, 7) is 1.32. The monoisotopic (exact) mass is 289 g/mol. The van der Waals surface area contributed by atoms with Gasteiger partial charge in [0.1, 0.15) is 0 Å². The quantitative estimate of drug-likeness (QED) is 0.790. The van der Waals surface area contributed by atoms with Crippen LogP contribution in [0, 0.1) is 11.6 Å². The Labute approximate surface area is 115 Å². The van der Waals surface area contributed by atoms with E-state index in [0.717, 1.165) is 6.07 Å². The second-order valence-electron chi connectivity index (χ2n) is 4.04. The average molecular weight is 289 g/mol. The number of halogens is 2. The van der Waals surface area contributed by atoms with E-state index >= 15 is 0 Å². The molecule has 0 spiro atoms. The maximum Gasteiger partial charge on any atom is 0.338 e. The first-order valence-corrected chi connectivity index (χ1v) is 5.97. The molecule has 0 fully saturated rings. The molecule has 0 aliphatic carbocycles. The molecule has 0 saturated heterocycles. The molecule has 1 aromatic carbocycles. The van der Waals surface area contributed by atoms with Gasteiger partial charge < -0.3 is 19.5 Å². The van der Waals surface area contributed by atoms with Gasteiger partial charge in [0, 0.05) is 27.3 Å². The number of ether oxygens (including phenoxy) is 2. The third-order valence-corrected chi connectivity index (χ3v) is 2.76. The van der Waals surface area contributed by atoms with Crippen LogP contribution in [-0.4, -0.2) is 51.6 Å². The summed E-state index contributed by atoms with van der Waals surface area (Å²) in [6.07, 6.45) is 0. The molecule has 0 atom stereocenters. The highest BCUT2D eigenvalue weighted by molar-refractivity contribution is 5.88. The molecular weight excluding hydrogens is 272 g/mol. The van der Waals surface area contributed by atoms with Gasteiger partial charge in [0.05, 0.1) is 24.5 Å². The fourth-order valence-electron chi connectivity index (χ4n) is 1.70. The molecule has 1 rings (SSSR count). The topological polar surface area (TPSA) is 59.0 Å². The van der Waals surface area contributed by atoms with Crippen LogP contribution in [0.2, 0.25) is 0 Å². The number of hydrogen-bond acceptors (Lipinski definition) is 4. The first-order valence-electron chi connectivity index (χ1n) is 5.97. The van der Waals surface area contributed by atoms with E-state index in [2.05, 4.69) is 0 Å². The van der Waals surface area contributed by atoms with E-state index in [1.54, 1.807) is 0 Å². The van der Waals surface area contributed by atoms with E-state index < -0.39 is 23.2 Å². The van der Waals surface area contributed by atoms with Gasteiger partial charge >= 0.3 is 5.97 Å². The third-order valence-electron chi connectivity index (χ3n) is 2.76. The Bertz CT molecular complexity index is 460. The number of carbonyl (C=O) groups is 1. The van der Waals surface area contributed by atoms with Crippen molar-refractivity contribution in [3.8, 4) is 0 Å². The van der Waals surface area contributed by atoms with Crippen LogP contribution in [0.5, 0.6) is 0 Å². The maximum atomic E-state index is 14.0. The summed E-state index contributed by atoms with van der Waals surface area (Å²) in [5, 5.41) is 8.74. The van der Waals surface area contributed by atoms with Gasteiger partial charge in [0.2, 0.25) is 0 Å². The second-order valence-corrected chi connectivity index (χ2v) is 4.04. The zero-order chi connectivity index (χ0) is 15.1. The number of benzene rings is 1. The molecule has 7 heteroatoms. The number of carboxylic acid groups (broad SMARTS) is 1. The lowest BCUT2D eigenvalue weighted by Gasteiger charge is -2.25. The Morgan fingerprint density at radius 2 is 1.70 bits per heavy atom. The van der Waals surface area contributed by atoms with Crippen molar-refractivity contribution in [2.24, 2.45) is 0 Å². The number of hydrogen-bond donors (Lipinski definition) is 1. The SMILES string of the molecule is COCCN(CCOC)c1ccc(C(=O)O)c(F)c1F. The van der Waals surface area contributed by atoms with Gasteiger partial charge in [0.15, 0.2) is 11.6 Å². The van der Waals surface area contributed by atoms with Gasteiger partial charge in [0.25, 0.3) is 0 Å². The van der Waals surface area contributed by atoms with Crippen LogP contribution in [0.25, 0.3) is 0 Å². The summed E-state index contributed by atoms with van der Waals surface area (Å²) in [7, 11) is 3.00. The summed E-state index contributed by atoms with van der Waals surface area (Å²) < 4.78 is 37.5. The van der Waals surface area contributed by atoms with Crippen LogP contribution in [0.4, 0.5) is 14.5 Å². The Morgan fingerprint density at radius 1 is 1.15 bits per heavy atom. The van der Waals surface area contributed by atoms with E-state index in [9.17, 15) is 13.6 Å². The molecule has 0 amide bonds. The van der Waals surface area contributed by atoms with Crippen LogP contribution in [0.1, 0.15) is 10.4 Å².